The molecule has 0 saturated carbocycles. The number of likely N-dealkylation sites (tertiary alicyclic amines) is 1. The molecular formula is C12H14N4O5S. The van der Waals surface area contributed by atoms with Gasteiger partial charge in [0, 0.05) is 17.9 Å². The molecule has 3 rings (SSSR count). The van der Waals surface area contributed by atoms with Crippen LogP contribution in [0.15, 0.2) is 24.3 Å². The van der Waals surface area contributed by atoms with Gasteiger partial charge in [-0.3, -0.25) is 9.35 Å². The topological polar surface area (TPSA) is 133 Å². The van der Waals surface area contributed by atoms with Gasteiger partial charge >= 0.3 is 16.3 Å². The maximum Gasteiger partial charge on any atom is 0.362 e. The Morgan fingerprint density at radius 1 is 1.32 bits per heavy atom. The van der Waals surface area contributed by atoms with Crippen LogP contribution in [-0.4, -0.2) is 52.7 Å². The van der Waals surface area contributed by atoms with E-state index in [1.807, 2.05) is 0 Å². The second-order valence-electron chi connectivity index (χ2n) is 5.16. The van der Waals surface area contributed by atoms with Crippen molar-refractivity contribution in [2.45, 2.75) is 18.5 Å². The van der Waals surface area contributed by atoms with E-state index in [0.29, 0.717) is 22.1 Å². The number of carbonyl (C=O) groups excluding carboxylic acids is 2. The van der Waals surface area contributed by atoms with E-state index >= 15 is 0 Å². The van der Waals surface area contributed by atoms with Crippen LogP contribution < -0.4 is 11.1 Å². The number of carbonyl (C=O) groups is 2. The molecule has 1 aromatic rings. The quantitative estimate of drug-likeness (QED) is 0.394. The fraction of sp³-hybridized carbons (Fsp3) is 0.333. The number of amides is 3. The zero-order chi connectivity index (χ0) is 16.1. The van der Waals surface area contributed by atoms with Crippen LogP contribution in [0.2, 0.25) is 0 Å². The van der Waals surface area contributed by atoms with Crippen LogP contribution in [0.1, 0.15) is 6.42 Å². The summed E-state index contributed by atoms with van der Waals surface area (Å²) >= 11 is 0. The van der Waals surface area contributed by atoms with Crippen molar-refractivity contribution in [3.8, 4) is 0 Å². The second kappa shape index (κ2) is 4.85. The molecule has 0 radical (unpaired) electrons. The number of β-lactam (4-membered cyclic amide) rings is 1. The molecule has 2 aliphatic heterocycles. The van der Waals surface area contributed by atoms with Crippen LogP contribution in [0, 0.1) is 0 Å². The van der Waals surface area contributed by atoms with Gasteiger partial charge in [0.15, 0.2) is 0 Å². The van der Waals surface area contributed by atoms with Gasteiger partial charge in [0.2, 0.25) is 0 Å². The van der Waals surface area contributed by atoms with E-state index in [1.165, 1.54) is 4.90 Å². The molecule has 0 aromatic heterocycles. The molecule has 4 N–H and O–H groups in total. The van der Waals surface area contributed by atoms with Gasteiger partial charge in [-0.05, 0) is 30.7 Å². The minimum Gasteiger partial charge on any atom is -0.399 e. The molecule has 118 valence electrons. The van der Waals surface area contributed by atoms with Gasteiger partial charge in [0.1, 0.15) is 6.04 Å². The minimum absolute atomic E-state index is 0.230. The SMILES string of the molecule is Nc1ccc(NC(=O)N2CC[C@@H]3C2C(=O)N3S(=O)(=O)O)cc1. The van der Waals surface area contributed by atoms with Gasteiger partial charge in [-0.2, -0.15) is 8.42 Å². The Hall–Kier alpha value is -2.33. The van der Waals surface area contributed by atoms with E-state index in [4.69, 9.17) is 10.3 Å². The Morgan fingerprint density at radius 2 is 1.95 bits per heavy atom. The number of rotatable bonds is 2. The molecule has 2 atom stereocenters. The van der Waals surface area contributed by atoms with Crippen LogP contribution in [-0.2, 0) is 15.1 Å². The summed E-state index contributed by atoms with van der Waals surface area (Å²) in [5.41, 5.74) is 6.62. The highest BCUT2D eigenvalue weighted by molar-refractivity contribution is 7.84. The Balaban J connectivity index is 1.71. The number of urea groups is 1. The molecule has 22 heavy (non-hydrogen) atoms. The third-order valence-corrected chi connectivity index (χ3v) is 4.76. The molecule has 2 saturated heterocycles. The summed E-state index contributed by atoms with van der Waals surface area (Å²) in [6.45, 7) is 0.230. The molecule has 2 aliphatic rings. The average molecular weight is 326 g/mol. The number of nitrogens with one attached hydrogen (secondary N) is 1. The Kier molecular flexibility index (Phi) is 3.22. The zero-order valence-corrected chi connectivity index (χ0v) is 12.2. The third-order valence-electron chi connectivity index (χ3n) is 3.81. The molecule has 9 nitrogen and oxygen atoms in total. The predicted octanol–water partition coefficient (Wildman–Crippen LogP) is -0.111. The number of hydrogen-bond acceptors (Lipinski definition) is 5. The summed E-state index contributed by atoms with van der Waals surface area (Å²) < 4.78 is 31.6. The van der Waals surface area contributed by atoms with Crippen molar-refractivity contribution in [1.29, 1.82) is 0 Å². The van der Waals surface area contributed by atoms with E-state index in [2.05, 4.69) is 5.32 Å². The van der Waals surface area contributed by atoms with Crippen molar-refractivity contribution in [3.05, 3.63) is 24.3 Å². The lowest BCUT2D eigenvalue weighted by Crippen LogP contribution is -2.68. The van der Waals surface area contributed by atoms with E-state index in [9.17, 15) is 18.0 Å². The first-order valence-electron chi connectivity index (χ1n) is 6.53. The number of nitrogen functional groups attached to an aromatic ring is 1. The maximum atomic E-state index is 12.2. The first kappa shape index (κ1) is 14.6. The Bertz CT molecular complexity index is 732. The highest BCUT2D eigenvalue weighted by atomic mass is 32.2. The largest absolute Gasteiger partial charge is 0.399 e. The number of nitrogens with zero attached hydrogens (tertiary/aromatic N) is 2. The standard InChI is InChI=1S/C12H14N4O5S/c13-7-1-3-8(4-2-7)14-12(18)15-6-5-9-10(15)11(17)16(9)22(19,20)21/h1-4,9-10H,5-6,13H2,(H,14,18)(H,19,20,21)/t9-,10?/m1/s1. The summed E-state index contributed by atoms with van der Waals surface area (Å²) in [7, 11) is -4.57. The molecule has 3 amide bonds. The number of benzene rings is 1. The van der Waals surface area contributed by atoms with Gasteiger partial charge in [-0.1, -0.05) is 0 Å². The van der Waals surface area contributed by atoms with Crippen LogP contribution >= 0.6 is 0 Å². The van der Waals surface area contributed by atoms with E-state index in [0.717, 1.165) is 0 Å². The fourth-order valence-corrected chi connectivity index (χ4v) is 3.70. The lowest BCUT2D eigenvalue weighted by atomic mass is 10.0. The number of hydrogen-bond donors (Lipinski definition) is 3. The van der Waals surface area contributed by atoms with Crippen molar-refractivity contribution in [3.63, 3.8) is 0 Å². The molecular weight excluding hydrogens is 312 g/mol. The Morgan fingerprint density at radius 3 is 2.55 bits per heavy atom. The van der Waals surface area contributed by atoms with E-state index in [1.54, 1.807) is 24.3 Å². The van der Waals surface area contributed by atoms with Crippen LogP contribution in [0.3, 0.4) is 0 Å². The van der Waals surface area contributed by atoms with Gasteiger partial charge in [0.05, 0.1) is 6.04 Å². The third kappa shape index (κ3) is 2.25. The van der Waals surface area contributed by atoms with Crippen LogP contribution in [0.25, 0.3) is 0 Å². The molecule has 0 bridgehead atoms. The molecule has 1 aromatic carbocycles. The first-order valence-corrected chi connectivity index (χ1v) is 7.92. The molecule has 0 aliphatic carbocycles. The average Bonchev–Trinajstić information content (AvgIpc) is 2.78. The second-order valence-corrected chi connectivity index (χ2v) is 6.45. The summed E-state index contributed by atoms with van der Waals surface area (Å²) in [6.07, 6.45) is 0.297. The van der Waals surface area contributed by atoms with Gasteiger partial charge in [-0.15, -0.1) is 0 Å². The number of fused-ring (bicyclic) bond motifs is 1. The lowest BCUT2D eigenvalue weighted by molar-refractivity contribution is -0.143. The minimum atomic E-state index is -4.57. The summed E-state index contributed by atoms with van der Waals surface area (Å²) in [5.74, 6) is -0.794. The van der Waals surface area contributed by atoms with Crippen LogP contribution in [0.4, 0.5) is 16.2 Å². The Labute approximate surface area is 126 Å². The summed E-state index contributed by atoms with van der Waals surface area (Å²) in [5, 5.41) is 2.62. The van der Waals surface area contributed by atoms with Crippen molar-refractivity contribution in [2.75, 3.05) is 17.6 Å². The molecule has 2 fully saturated rings. The molecule has 0 spiro atoms. The van der Waals surface area contributed by atoms with E-state index < -0.39 is 34.3 Å². The van der Waals surface area contributed by atoms with Crippen molar-refractivity contribution < 1.29 is 22.6 Å². The predicted molar refractivity (Wildman–Crippen MR) is 77.2 cm³/mol. The summed E-state index contributed by atoms with van der Waals surface area (Å²) in [6, 6.07) is 4.44. The maximum absolute atomic E-state index is 12.2. The molecule has 2 heterocycles. The van der Waals surface area contributed by atoms with Crippen molar-refractivity contribution >= 4 is 33.6 Å². The highest BCUT2D eigenvalue weighted by Gasteiger charge is 2.60. The van der Waals surface area contributed by atoms with E-state index in [-0.39, 0.29) is 6.54 Å². The summed E-state index contributed by atoms with van der Waals surface area (Å²) in [4.78, 5) is 25.3. The van der Waals surface area contributed by atoms with Gasteiger partial charge < -0.3 is 16.0 Å². The van der Waals surface area contributed by atoms with Gasteiger partial charge in [0.25, 0.3) is 5.91 Å². The monoisotopic (exact) mass is 326 g/mol. The number of nitrogens with two attached hydrogens (primary N) is 1. The highest BCUT2D eigenvalue weighted by Crippen LogP contribution is 2.35. The number of anilines is 2. The lowest BCUT2D eigenvalue weighted by Gasteiger charge is -2.42. The normalized spacial score (nSPS) is 24.0. The zero-order valence-electron chi connectivity index (χ0n) is 11.3. The van der Waals surface area contributed by atoms with Crippen LogP contribution in [0.5, 0.6) is 0 Å². The van der Waals surface area contributed by atoms with Crippen molar-refractivity contribution in [1.82, 2.24) is 9.21 Å². The van der Waals surface area contributed by atoms with Gasteiger partial charge in [-0.25, -0.2) is 9.10 Å². The fourth-order valence-electron chi connectivity index (χ4n) is 2.81. The van der Waals surface area contributed by atoms with Crippen molar-refractivity contribution in [2.24, 2.45) is 0 Å². The smallest absolute Gasteiger partial charge is 0.362 e. The molecule has 1 unspecified atom stereocenters. The molecule has 10 heteroatoms. The first-order chi connectivity index (χ1) is 10.3.